The summed E-state index contributed by atoms with van der Waals surface area (Å²) in [5, 5.41) is 0. The Bertz CT molecular complexity index is 269. The van der Waals surface area contributed by atoms with Crippen LogP contribution in [0.15, 0.2) is 12.2 Å². The molecule has 20 heavy (non-hydrogen) atoms. The third kappa shape index (κ3) is 12.3. The molecule has 0 heterocycles. The maximum Gasteiger partial charge on any atom is 0.333 e. The molecule has 1 unspecified atom stereocenters. The Morgan fingerprint density at radius 3 is 2.15 bits per heavy atom. The summed E-state index contributed by atoms with van der Waals surface area (Å²) in [7, 11) is 0. The molecule has 1 atom stereocenters. The Balaban J connectivity index is 3.28. The lowest BCUT2D eigenvalue weighted by Gasteiger charge is -2.12. The lowest BCUT2D eigenvalue weighted by molar-refractivity contribution is -0.139. The summed E-state index contributed by atoms with van der Waals surface area (Å²) < 4.78 is 5.06. The van der Waals surface area contributed by atoms with Crippen molar-refractivity contribution in [1.29, 1.82) is 0 Å². The molecular formula is C18H34O2. The number of esters is 1. The summed E-state index contributed by atoms with van der Waals surface area (Å²) >= 11 is 0. The molecule has 118 valence electrons. The Labute approximate surface area is 126 Å². The van der Waals surface area contributed by atoms with E-state index in [-0.39, 0.29) is 5.97 Å². The van der Waals surface area contributed by atoms with Crippen molar-refractivity contribution in [3.8, 4) is 0 Å². The van der Waals surface area contributed by atoms with E-state index in [1.165, 1.54) is 38.5 Å². The van der Waals surface area contributed by atoms with Gasteiger partial charge < -0.3 is 4.74 Å². The highest BCUT2D eigenvalue weighted by molar-refractivity contribution is 5.86. The SMILES string of the molecule is C=C(C)C(=O)OCCCCCCCC(C)CCC(C)C. The van der Waals surface area contributed by atoms with Crippen LogP contribution < -0.4 is 0 Å². The second-order valence-corrected chi connectivity index (χ2v) is 6.55. The average molecular weight is 282 g/mol. The summed E-state index contributed by atoms with van der Waals surface area (Å²) in [5.41, 5.74) is 0.486. The largest absolute Gasteiger partial charge is 0.462 e. The minimum atomic E-state index is -0.260. The highest BCUT2D eigenvalue weighted by Gasteiger charge is 2.04. The van der Waals surface area contributed by atoms with E-state index in [1.54, 1.807) is 6.92 Å². The Kier molecular flexibility index (Phi) is 11.5. The Morgan fingerprint density at radius 1 is 0.950 bits per heavy atom. The third-order valence-corrected chi connectivity index (χ3v) is 3.66. The van der Waals surface area contributed by atoms with Gasteiger partial charge in [-0.05, 0) is 25.2 Å². The second kappa shape index (κ2) is 12.0. The number of ether oxygens (including phenoxy) is 1. The van der Waals surface area contributed by atoms with Crippen molar-refractivity contribution in [3.05, 3.63) is 12.2 Å². The second-order valence-electron chi connectivity index (χ2n) is 6.55. The number of unbranched alkanes of at least 4 members (excludes halogenated alkanes) is 4. The third-order valence-electron chi connectivity index (χ3n) is 3.66. The molecule has 0 aromatic heterocycles. The first-order valence-corrected chi connectivity index (χ1v) is 8.26. The predicted octanol–water partition coefficient (Wildman–Crippen LogP) is 5.52. The first kappa shape index (κ1) is 19.2. The minimum Gasteiger partial charge on any atom is -0.462 e. The molecule has 0 N–H and O–H groups in total. The van der Waals surface area contributed by atoms with Crippen LogP contribution in [-0.4, -0.2) is 12.6 Å². The van der Waals surface area contributed by atoms with E-state index < -0.39 is 0 Å². The molecule has 0 saturated carbocycles. The van der Waals surface area contributed by atoms with Crippen LogP contribution in [0, 0.1) is 11.8 Å². The molecular weight excluding hydrogens is 248 g/mol. The van der Waals surface area contributed by atoms with Crippen molar-refractivity contribution in [2.75, 3.05) is 6.61 Å². The fraction of sp³-hybridized carbons (Fsp3) is 0.833. The molecule has 0 radical (unpaired) electrons. The Hall–Kier alpha value is -0.790. The lowest BCUT2D eigenvalue weighted by atomic mass is 9.94. The lowest BCUT2D eigenvalue weighted by Crippen LogP contribution is -2.06. The number of rotatable bonds is 12. The zero-order valence-corrected chi connectivity index (χ0v) is 14.0. The van der Waals surface area contributed by atoms with Crippen LogP contribution in [0.2, 0.25) is 0 Å². The molecule has 0 amide bonds. The van der Waals surface area contributed by atoms with Gasteiger partial charge in [0.1, 0.15) is 0 Å². The van der Waals surface area contributed by atoms with Gasteiger partial charge in [-0.1, -0.05) is 72.3 Å². The Morgan fingerprint density at radius 2 is 1.55 bits per heavy atom. The van der Waals surface area contributed by atoms with E-state index in [4.69, 9.17) is 4.74 Å². The van der Waals surface area contributed by atoms with Crippen LogP contribution in [0.5, 0.6) is 0 Å². The average Bonchev–Trinajstić information content (AvgIpc) is 2.38. The van der Waals surface area contributed by atoms with Gasteiger partial charge in [0.25, 0.3) is 0 Å². The van der Waals surface area contributed by atoms with Crippen LogP contribution >= 0.6 is 0 Å². The van der Waals surface area contributed by atoms with E-state index in [0.29, 0.717) is 12.2 Å². The van der Waals surface area contributed by atoms with Crippen molar-refractivity contribution < 1.29 is 9.53 Å². The van der Waals surface area contributed by atoms with Gasteiger partial charge in [-0.2, -0.15) is 0 Å². The molecule has 0 aliphatic heterocycles. The smallest absolute Gasteiger partial charge is 0.333 e. The number of carbonyl (C=O) groups excluding carboxylic acids is 1. The zero-order chi connectivity index (χ0) is 15.4. The summed E-state index contributed by atoms with van der Waals surface area (Å²) in [4.78, 5) is 11.1. The fourth-order valence-electron chi connectivity index (χ4n) is 2.18. The number of hydrogen-bond donors (Lipinski definition) is 0. The molecule has 0 aliphatic rings. The highest BCUT2D eigenvalue weighted by atomic mass is 16.5. The van der Waals surface area contributed by atoms with Crippen molar-refractivity contribution in [2.45, 2.75) is 79.1 Å². The van der Waals surface area contributed by atoms with E-state index in [9.17, 15) is 4.79 Å². The minimum absolute atomic E-state index is 0.260. The monoisotopic (exact) mass is 282 g/mol. The van der Waals surface area contributed by atoms with Gasteiger partial charge in [0.05, 0.1) is 6.61 Å². The molecule has 0 rings (SSSR count). The van der Waals surface area contributed by atoms with Crippen molar-refractivity contribution in [1.82, 2.24) is 0 Å². The van der Waals surface area contributed by atoms with Crippen LogP contribution in [0.1, 0.15) is 79.1 Å². The molecule has 2 heteroatoms. The van der Waals surface area contributed by atoms with E-state index in [1.807, 2.05) is 0 Å². The molecule has 0 fully saturated rings. The summed E-state index contributed by atoms with van der Waals surface area (Å²) in [6.07, 6.45) is 10.1. The molecule has 0 aliphatic carbocycles. The van der Waals surface area contributed by atoms with Crippen LogP contribution in [0.25, 0.3) is 0 Å². The van der Waals surface area contributed by atoms with Crippen LogP contribution in [-0.2, 0) is 9.53 Å². The fourth-order valence-corrected chi connectivity index (χ4v) is 2.18. The first-order valence-electron chi connectivity index (χ1n) is 8.26. The van der Waals surface area contributed by atoms with Gasteiger partial charge in [0, 0.05) is 5.57 Å². The maximum atomic E-state index is 11.1. The zero-order valence-electron chi connectivity index (χ0n) is 14.0. The predicted molar refractivity (Wildman–Crippen MR) is 86.7 cm³/mol. The molecule has 0 aromatic carbocycles. The summed E-state index contributed by atoms with van der Waals surface area (Å²) in [5.74, 6) is 1.44. The number of carbonyl (C=O) groups is 1. The van der Waals surface area contributed by atoms with E-state index in [0.717, 1.165) is 24.7 Å². The van der Waals surface area contributed by atoms with Crippen LogP contribution in [0.4, 0.5) is 0 Å². The van der Waals surface area contributed by atoms with Crippen molar-refractivity contribution in [3.63, 3.8) is 0 Å². The van der Waals surface area contributed by atoms with Gasteiger partial charge in [-0.25, -0.2) is 4.79 Å². The van der Waals surface area contributed by atoms with Gasteiger partial charge in [-0.3, -0.25) is 0 Å². The van der Waals surface area contributed by atoms with Gasteiger partial charge in [0.15, 0.2) is 0 Å². The molecule has 0 bridgehead atoms. The molecule has 2 nitrogen and oxygen atoms in total. The van der Waals surface area contributed by atoms with Crippen LogP contribution in [0.3, 0.4) is 0 Å². The van der Waals surface area contributed by atoms with Crippen molar-refractivity contribution in [2.24, 2.45) is 11.8 Å². The van der Waals surface area contributed by atoms with E-state index >= 15 is 0 Å². The maximum absolute atomic E-state index is 11.1. The molecule has 0 spiro atoms. The summed E-state index contributed by atoms with van der Waals surface area (Å²) in [6, 6.07) is 0. The van der Waals surface area contributed by atoms with Gasteiger partial charge >= 0.3 is 5.97 Å². The summed E-state index contributed by atoms with van der Waals surface area (Å²) in [6.45, 7) is 12.8. The topological polar surface area (TPSA) is 26.3 Å². The van der Waals surface area contributed by atoms with Gasteiger partial charge in [-0.15, -0.1) is 0 Å². The molecule has 0 saturated heterocycles. The van der Waals surface area contributed by atoms with Crippen molar-refractivity contribution >= 4 is 5.97 Å². The standard InChI is InChI=1S/C18H34O2/c1-15(2)12-13-17(5)11-9-7-6-8-10-14-20-18(19)16(3)4/h15,17H,3,6-14H2,1-2,4-5H3. The molecule has 0 aromatic rings. The first-order chi connectivity index (χ1) is 9.43. The normalized spacial score (nSPS) is 12.4. The number of hydrogen-bond acceptors (Lipinski definition) is 2. The van der Waals surface area contributed by atoms with Gasteiger partial charge in [0.2, 0.25) is 0 Å². The highest BCUT2D eigenvalue weighted by Crippen LogP contribution is 2.18. The van der Waals surface area contributed by atoms with E-state index in [2.05, 4.69) is 27.4 Å². The quantitative estimate of drug-likeness (QED) is 0.268.